The smallest absolute Gasteiger partial charge is 0.105 e. The van der Waals surface area contributed by atoms with Gasteiger partial charge in [-0.3, -0.25) is 9.97 Å². The molecule has 1 rings (SSSR count). The van der Waals surface area contributed by atoms with E-state index in [2.05, 4.69) is 9.97 Å². The molecule has 0 aliphatic heterocycles. The van der Waals surface area contributed by atoms with Crippen LogP contribution in [0.1, 0.15) is 63.3 Å². The Morgan fingerprint density at radius 3 is 1.33 bits per heavy atom. The first-order valence-electron chi connectivity index (χ1n) is 6.46. The van der Waals surface area contributed by atoms with Crippen molar-refractivity contribution in [3.63, 3.8) is 0 Å². The van der Waals surface area contributed by atoms with Crippen molar-refractivity contribution in [3.8, 4) is 0 Å². The van der Waals surface area contributed by atoms with Gasteiger partial charge in [0.25, 0.3) is 0 Å². The van der Waals surface area contributed by atoms with Crippen molar-refractivity contribution in [2.45, 2.75) is 65.6 Å². The average Bonchev–Trinajstić information content (AvgIpc) is 2.31. The minimum absolute atomic E-state index is 0.575. The van der Waals surface area contributed by atoms with Crippen molar-refractivity contribution >= 4 is 0 Å². The van der Waals surface area contributed by atoms with Crippen LogP contribution in [0.5, 0.6) is 0 Å². The predicted octanol–water partition coefficient (Wildman–Crippen LogP) is 2.33. The Morgan fingerprint density at radius 2 is 1.11 bits per heavy atom. The summed E-state index contributed by atoms with van der Waals surface area (Å²) in [6.07, 6.45) is 1.15. The molecule has 1 heterocycles. The molecule has 0 amide bonds. The number of rotatable bonds is 4. The maximum atomic E-state index is 10.3. The van der Waals surface area contributed by atoms with Crippen LogP contribution in [0.4, 0.5) is 0 Å². The third-order valence-corrected chi connectivity index (χ3v) is 3.64. The number of nitrogens with zero attached hydrogens (tertiary/aromatic N) is 2. The second-order valence-electron chi connectivity index (χ2n) is 5.35. The van der Waals surface area contributed by atoms with Crippen LogP contribution >= 0.6 is 0 Å². The van der Waals surface area contributed by atoms with Gasteiger partial charge < -0.3 is 10.2 Å². The van der Waals surface area contributed by atoms with E-state index in [9.17, 15) is 10.2 Å². The van der Waals surface area contributed by atoms with Gasteiger partial charge >= 0.3 is 0 Å². The quantitative estimate of drug-likeness (QED) is 0.863. The average molecular weight is 252 g/mol. The SMILES string of the molecule is CCC(C)(O)c1nc(C)c(C(C)(O)CC)nc1C. The van der Waals surface area contributed by atoms with Crippen LogP contribution in [0, 0.1) is 13.8 Å². The standard InChI is InChI=1S/C14H24N2O2/c1-7-13(5,17)11-9(3)16-12(10(4)15-11)14(6,18)8-2/h17-18H,7-8H2,1-6H3. The molecular weight excluding hydrogens is 228 g/mol. The van der Waals surface area contributed by atoms with Gasteiger partial charge in [0, 0.05) is 0 Å². The molecule has 0 aromatic carbocycles. The summed E-state index contributed by atoms with van der Waals surface area (Å²) in [5.74, 6) is 0. The molecule has 0 aliphatic rings. The molecule has 2 N–H and O–H groups in total. The van der Waals surface area contributed by atoms with Crippen LogP contribution in [-0.2, 0) is 11.2 Å². The Kier molecular flexibility index (Phi) is 4.13. The van der Waals surface area contributed by atoms with Gasteiger partial charge in [0.2, 0.25) is 0 Å². The first-order valence-corrected chi connectivity index (χ1v) is 6.46. The maximum Gasteiger partial charge on any atom is 0.105 e. The Labute approximate surface area is 109 Å². The Balaban J connectivity index is 3.38. The number of aliphatic hydroxyl groups is 2. The second kappa shape index (κ2) is 4.94. The minimum Gasteiger partial charge on any atom is -0.384 e. The molecule has 0 saturated carbocycles. The van der Waals surface area contributed by atoms with Crippen molar-refractivity contribution in [2.24, 2.45) is 0 Å². The predicted molar refractivity (Wildman–Crippen MR) is 71.2 cm³/mol. The molecule has 18 heavy (non-hydrogen) atoms. The van der Waals surface area contributed by atoms with Crippen molar-refractivity contribution in [3.05, 3.63) is 22.8 Å². The molecule has 1 aromatic rings. The summed E-state index contributed by atoms with van der Waals surface area (Å²) in [4.78, 5) is 8.91. The molecular formula is C14H24N2O2. The monoisotopic (exact) mass is 252 g/mol. The van der Waals surface area contributed by atoms with E-state index in [1.54, 1.807) is 13.8 Å². The third kappa shape index (κ3) is 2.70. The van der Waals surface area contributed by atoms with E-state index in [4.69, 9.17) is 0 Å². The number of hydrogen-bond acceptors (Lipinski definition) is 4. The lowest BCUT2D eigenvalue weighted by molar-refractivity contribution is 0.0400. The zero-order chi connectivity index (χ0) is 14.1. The molecule has 102 valence electrons. The van der Waals surface area contributed by atoms with Crippen LogP contribution in [0.25, 0.3) is 0 Å². The zero-order valence-electron chi connectivity index (χ0n) is 12.2. The molecule has 1 aromatic heterocycles. The summed E-state index contributed by atoms with van der Waals surface area (Å²) >= 11 is 0. The fourth-order valence-corrected chi connectivity index (χ4v) is 1.96. The topological polar surface area (TPSA) is 66.2 Å². The summed E-state index contributed by atoms with van der Waals surface area (Å²) in [5.41, 5.74) is 0.598. The van der Waals surface area contributed by atoms with Crippen molar-refractivity contribution in [1.82, 2.24) is 9.97 Å². The van der Waals surface area contributed by atoms with Crippen LogP contribution in [0.3, 0.4) is 0 Å². The van der Waals surface area contributed by atoms with Crippen molar-refractivity contribution in [1.29, 1.82) is 0 Å². The molecule has 0 saturated heterocycles. The molecule has 0 radical (unpaired) electrons. The fraction of sp³-hybridized carbons (Fsp3) is 0.714. The number of aryl methyl sites for hydroxylation is 2. The lowest BCUT2D eigenvalue weighted by Crippen LogP contribution is -2.29. The Hall–Kier alpha value is -1.00. The summed E-state index contributed by atoms with van der Waals surface area (Å²) in [5, 5.41) is 20.6. The first-order chi connectivity index (χ1) is 8.15. The molecule has 4 heteroatoms. The highest BCUT2D eigenvalue weighted by Crippen LogP contribution is 2.29. The van der Waals surface area contributed by atoms with E-state index in [0.29, 0.717) is 35.6 Å². The summed E-state index contributed by atoms with van der Waals surface area (Å²) in [7, 11) is 0. The normalized spacial score (nSPS) is 18.2. The minimum atomic E-state index is -0.974. The van der Waals surface area contributed by atoms with Gasteiger partial charge in [-0.2, -0.15) is 0 Å². The van der Waals surface area contributed by atoms with E-state index < -0.39 is 11.2 Å². The third-order valence-electron chi connectivity index (χ3n) is 3.64. The first kappa shape index (κ1) is 15.1. The summed E-state index contributed by atoms with van der Waals surface area (Å²) < 4.78 is 0. The highest BCUT2D eigenvalue weighted by atomic mass is 16.3. The van der Waals surface area contributed by atoms with E-state index >= 15 is 0 Å². The molecule has 0 aliphatic carbocycles. The molecule has 2 atom stereocenters. The highest BCUT2D eigenvalue weighted by molar-refractivity contribution is 5.26. The van der Waals surface area contributed by atoms with Gasteiger partial charge in [0.05, 0.1) is 22.8 Å². The van der Waals surface area contributed by atoms with Crippen LogP contribution in [-0.4, -0.2) is 20.2 Å². The summed E-state index contributed by atoms with van der Waals surface area (Å²) in [6, 6.07) is 0. The van der Waals surface area contributed by atoms with Gasteiger partial charge in [0.15, 0.2) is 0 Å². The van der Waals surface area contributed by atoms with Crippen LogP contribution in [0.15, 0.2) is 0 Å². The largest absolute Gasteiger partial charge is 0.384 e. The zero-order valence-corrected chi connectivity index (χ0v) is 12.2. The molecule has 0 fully saturated rings. The lowest BCUT2D eigenvalue weighted by atomic mass is 9.93. The Bertz CT molecular complexity index is 398. The Morgan fingerprint density at radius 1 is 0.833 bits per heavy atom. The van der Waals surface area contributed by atoms with Gasteiger partial charge in [-0.05, 0) is 40.5 Å². The lowest BCUT2D eigenvalue weighted by Gasteiger charge is -2.27. The van der Waals surface area contributed by atoms with Crippen molar-refractivity contribution in [2.75, 3.05) is 0 Å². The molecule has 0 spiro atoms. The maximum absolute atomic E-state index is 10.3. The van der Waals surface area contributed by atoms with E-state index in [-0.39, 0.29) is 0 Å². The number of hydrogen-bond donors (Lipinski definition) is 2. The van der Waals surface area contributed by atoms with Crippen molar-refractivity contribution < 1.29 is 10.2 Å². The molecule has 2 unspecified atom stereocenters. The van der Waals surface area contributed by atoms with E-state index in [0.717, 1.165) is 0 Å². The van der Waals surface area contributed by atoms with Gasteiger partial charge in [-0.1, -0.05) is 13.8 Å². The highest BCUT2D eigenvalue weighted by Gasteiger charge is 2.30. The van der Waals surface area contributed by atoms with Crippen LogP contribution in [0.2, 0.25) is 0 Å². The van der Waals surface area contributed by atoms with Gasteiger partial charge in [0.1, 0.15) is 11.2 Å². The summed E-state index contributed by atoms with van der Waals surface area (Å²) in [6.45, 7) is 10.9. The molecule has 4 nitrogen and oxygen atoms in total. The van der Waals surface area contributed by atoms with Gasteiger partial charge in [-0.25, -0.2) is 0 Å². The number of aromatic nitrogens is 2. The van der Waals surface area contributed by atoms with E-state index in [1.807, 2.05) is 27.7 Å². The van der Waals surface area contributed by atoms with E-state index in [1.165, 1.54) is 0 Å². The fourth-order valence-electron chi connectivity index (χ4n) is 1.96. The molecule has 0 bridgehead atoms. The van der Waals surface area contributed by atoms with Crippen LogP contribution < -0.4 is 0 Å². The van der Waals surface area contributed by atoms with Gasteiger partial charge in [-0.15, -0.1) is 0 Å². The second-order valence-corrected chi connectivity index (χ2v) is 5.35.